The van der Waals surface area contributed by atoms with Gasteiger partial charge in [-0.1, -0.05) is 48.0 Å². The fraction of sp³-hybridized carbons (Fsp3) is 0.417. The molecule has 0 aliphatic carbocycles. The number of nitro benzene ring substituents is 1. The lowest BCUT2D eigenvalue weighted by atomic mass is 10.2. The summed E-state index contributed by atoms with van der Waals surface area (Å²) < 4.78 is 11.0. The maximum Gasteiger partial charge on any atom is 0.410 e. The minimum Gasteiger partial charge on any atom is -0.445 e. The molecule has 0 saturated carbocycles. The first kappa shape index (κ1) is 27.0. The van der Waals surface area contributed by atoms with Gasteiger partial charge in [0.1, 0.15) is 17.9 Å². The number of benzene rings is 2. The van der Waals surface area contributed by atoms with E-state index in [-0.39, 0.29) is 49.2 Å². The molecule has 2 N–H and O–H groups in total. The van der Waals surface area contributed by atoms with Gasteiger partial charge in [0.15, 0.2) is 0 Å². The van der Waals surface area contributed by atoms with Crippen molar-refractivity contribution >= 4 is 35.2 Å². The summed E-state index contributed by atoms with van der Waals surface area (Å²) in [7, 11) is 0. The molecule has 0 bridgehead atoms. The number of rotatable bonds is 5. The molecule has 1 aliphatic heterocycles. The van der Waals surface area contributed by atoms with Crippen LogP contribution in [0.25, 0.3) is 0 Å². The number of carbonyl (C=O) groups excluding carboxylic acids is 2. The molecule has 1 atom stereocenters. The van der Waals surface area contributed by atoms with Gasteiger partial charge in [-0.15, -0.1) is 0 Å². The van der Waals surface area contributed by atoms with Gasteiger partial charge in [0.2, 0.25) is 0 Å². The first-order chi connectivity index (χ1) is 17.0. The molecule has 3 rings (SSSR count). The van der Waals surface area contributed by atoms with E-state index in [1.807, 2.05) is 30.3 Å². The lowest BCUT2D eigenvalue weighted by Crippen LogP contribution is -2.53. The molecule has 2 aromatic rings. The minimum absolute atomic E-state index is 0.0159. The topological polar surface area (TPSA) is 131 Å². The number of hydrogen-bond acceptors (Lipinski definition) is 8. The number of amides is 2. The van der Waals surface area contributed by atoms with Crippen molar-refractivity contribution in [3.63, 3.8) is 0 Å². The van der Waals surface area contributed by atoms with E-state index < -0.39 is 28.8 Å². The number of halogens is 1. The molecule has 2 aromatic carbocycles. The van der Waals surface area contributed by atoms with Gasteiger partial charge in [-0.05, 0) is 32.4 Å². The Labute approximate surface area is 214 Å². The third-order valence-corrected chi connectivity index (χ3v) is 5.74. The molecule has 1 heterocycles. The van der Waals surface area contributed by atoms with E-state index >= 15 is 0 Å². The average molecular weight is 520 g/mol. The van der Waals surface area contributed by atoms with Gasteiger partial charge in [0.25, 0.3) is 5.69 Å². The quantitative estimate of drug-likeness (QED) is 0.353. The molecule has 36 heavy (non-hydrogen) atoms. The molecule has 0 spiro atoms. The summed E-state index contributed by atoms with van der Waals surface area (Å²) in [5, 5.41) is 12.9. The number of carbonyl (C=O) groups is 2. The van der Waals surface area contributed by atoms with Gasteiger partial charge in [0, 0.05) is 32.2 Å². The summed E-state index contributed by atoms with van der Waals surface area (Å²) in [6.07, 6.45) is -1.19. The number of hydrogen-bond donors (Lipinski definition) is 1. The molecule has 1 saturated heterocycles. The number of ether oxygens (including phenoxy) is 2. The highest BCUT2D eigenvalue weighted by Gasteiger charge is 2.35. The second-order valence-corrected chi connectivity index (χ2v) is 9.75. The number of nitro groups is 1. The third-order valence-electron chi connectivity index (χ3n) is 5.43. The fourth-order valence-corrected chi connectivity index (χ4v) is 3.99. The molecule has 1 fully saturated rings. The van der Waals surface area contributed by atoms with Crippen LogP contribution < -0.4 is 10.9 Å². The average Bonchev–Trinajstić information content (AvgIpc) is 3.05. The Balaban J connectivity index is 1.87. The van der Waals surface area contributed by atoms with Crippen LogP contribution in [0.15, 0.2) is 48.5 Å². The van der Waals surface area contributed by atoms with E-state index in [4.69, 9.17) is 26.9 Å². The van der Waals surface area contributed by atoms with Crippen molar-refractivity contribution in [1.29, 1.82) is 0 Å². The number of hydrazine groups is 1. The lowest BCUT2D eigenvalue weighted by molar-refractivity contribution is -0.384. The van der Waals surface area contributed by atoms with Gasteiger partial charge in [-0.25, -0.2) is 15.4 Å². The summed E-state index contributed by atoms with van der Waals surface area (Å²) in [5.41, 5.74) is -0.231. The Morgan fingerprint density at radius 1 is 1.08 bits per heavy atom. The molecule has 12 heteroatoms. The van der Waals surface area contributed by atoms with Crippen LogP contribution in [-0.2, 0) is 16.1 Å². The van der Waals surface area contributed by atoms with Crippen LogP contribution in [0.5, 0.6) is 0 Å². The summed E-state index contributed by atoms with van der Waals surface area (Å²) in [6.45, 7) is 5.69. The number of nitrogens with two attached hydrogens (primary N) is 1. The zero-order chi connectivity index (χ0) is 26.5. The van der Waals surface area contributed by atoms with E-state index in [1.54, 1.807) is 20.8 Å². The summed E-state index contributed by atoms with van der Waals surface area (Å²) in [4.78, 5) is 39.7. The van der Waals surface area contributed by atoms with Crippen LogP contribution in [0.1, 0.15) is 26.3 Å². The SMILES string of the molecule is CC(C)(C)OC(=O)N1CCN(C(=O)OCc2ccccc2)CC(N(N)c2c(Cl)cccc2[N+](=O)[O-])C1. The molecule has 11 nitrogen and oxygen atoms in total. The van der Waals surface area contributed by atoms with Crippen LogP contribution in [0.3, 0.4) is 0 Å². The Kier molecular flexibility index (Phi) is 8.59. The molecule has 1 aliphatic rings. The Hall–Kier alpha value is -3.57. The lowest BCUT2D eigenvalue weighted by Gasteiger charge is -2.33. The Morgan fingerprint density at radius 3 is 2.28 bits per heavy atom. The standard InChI is InChI=1S/C24H30ClN5O6/c1-24(2,3)36-23(32)28-13-12-27(22(31)35-16-17-8-5-4-6-9-17)14-18(15-28)29(26)21-19(25)10-7-11-20(21)30(33)34/h4-11,18H,12-16,26H2,1-3H3. The molecule has 0 aromatic heterocycles. The normalized spacial score (nSPS) is 16.2. The smallest absolute Gasteiger partial charge is 0.410 e. The minimum atomic E-state index is -0.747. The van der Waals surface area contributed by atoms with Crippen molar-refractivity contribution in [2.45, 2.75) is 39.0 Å². The zero-order valence-corrected chi connectivity index (χ0v) is 21.2. The predicted octanol–water partition coefficient (Wildman–Crippen LogP) is 4.19. The van der Waals surface area contributed by atoms with Crippen molar-refractivity contribution in [3.8, 4) is 0 Å². The fourth-order valence-electron chi connectivity index (χ4n) is 3.72. The van der Waals surface area contributed by atoms with E-state index in [1.165, 1.54) is 28.0 Å². The van der Waals surface area contributed by atoms with Crippen LogP contribution in [0, 0.1) is 10.1 Å². The Bertz CT molecular complexity index is 1090. The first-order valence-electron chi connectivity index (χ1n) is 11.4. The second-order valence-electron chi connectivity index (χ2n) is 9.34. The number of anilines is 1. The summed E-state index contributed by atoms with van der Waals surface area (Å²) >= 11 is 6.29. The zero-order valence-electron chi connectivity index (χ0n) is 20.4. The first-order valence-corrected chi connectivity index (χ1v) is 11.7. The molecular weight excluding hydrogens is 490 g/mol. The highest BCUT2D eigenvalue weighted by molar-refractivity contribution is 6.33. The predicted molar refractivity (Wildman–Crippen MR) is 135 cm³/mol. The molecule has 1 unspecified atom stereocenters. The van der Waals surface area contributed by atoms with Crippen molar-refractivity contribution < 1.29 is 24.0 Å². The van der Waals surface area contributed by atoms with E-state index in [9.17, 15) is 19.7 Å². The van der Waals surface area contributed by atoms with Gasteiger partial charge >= 0.3 is 12.2 Å². The molecule has 0 radical (unpaired) electrons. The maximum absolute atomic E-state index is 13.0. The van der Waals surface area contributed by atoms with Crippen LogP contribution >= 0.6 is 11.6 Å². The largest absolute Gasteiger partial charge is 0.445 e. The molecular formula is C24H30ClN5O6. The van der Waals surface area contributed by atoms with E-state index in [0.717, 1.165) is 10.6 Å². The van der Waals surface area contributed by atoms with Gasteiger partial charge in [-0.2, -0.15) is 0 Å². The van der Waals surface area contributed by atoms with Crippen molar-refractivity contribution in [3.05, 3.63) is 69.2 Å². The van der Waals surface area contributed by atoms with Gasteiger partial charge in [0.05, 0.1) is 16.0 Å². The van der Waals surface area contributed by atoms with Crippen molar-refractivity contribution in [1.82, 2.24) is 9.80 Å². The maximum atomic E-state index is 13.0. The van der Waals surface area contributed by atoms with Crippen LogP contribution in [0.2, 0.25) is 5.02 Å². The summed E-state index contributed by atoms with van der Waals surface area (Å²) in [6, 6.07) is 12.7. The van der Waals surface area contributed by atoms with Crippen molar-refractivity contribution in [2.75, 3.05) is 31.2 Å². The van der Waals surface area contributed by atoms with Gasteiger partial charge < -0.3 is 19.3 Å². The summed E-state index contributed by atoms with van der Waals surface area (Å²) in [5.74, 6) is 6.38. The second kappa shape index (κ2) is 11.4. The highest BCUT2D eigenvalue weighted by atomic mass is 35.5. The van der Waals surface area contributed by atoms with Crippen molar-refractivity contribution in [2.24, 2.45) is 5.84 Å². The number of para-hydroxylation sites is 1. The van der Waals surface area contributed by atoms with E-state index in [2.05, 4.69) is 0 Å². The monoisotopic (exact) mass is 519 g/mol. The van der Waals surface area contributed by atoms with Crippen LogP contribution in [0.4, 0.5) is 21.0 Å². The van der Waals surface area contributed by atoms with E-state index in [0.29, 0.717) is 0 Å². The van der Waals surface area contributed by atoms with Crippen LogP contribution in [-0.4, -0.2) is 64.7 Å². The molecule has 2 amide bonds. The molecule has 194 valence electrons. The van der Waals surface area contributed by atoms with Gasteiger partial charge in [-0.3, -0.25) is 15.1 Å². The number of nitrogens with zero attached hydrogens (tertiary/aromatic N) is 4. The third kappa shape index (κ3) is 6.98. The Morgan fingerprint density at radius 2 is 1.69 bits per heavy atom. The highest BCUT2D eigenvalue weighted by Crippen LogP contribution is 2.35.